The monoisotopic (exact) mass is 294 g/mol. The van der Waals surface area contributed by atoms with Gasteiger partial charge in [-0.3, -0.25) is 4.79 Å². The summed E-state index contributed by atoms with van der Waals surface area (Å²) in [5, 5.41) is 0. The Morgan fingerprint density at radius 2 is 2.15 bits per heavy atom. The standard InChI is InChI=1S/C9H8FIO2/c1-5-3-7(11)4-8(10)9(5)13-6(2)12/h3-4H,1-2H3. The minimum atomic E-state index is -0.511. The molecule has 0 saturated heterocycles. The molecular formula is C9H8FIO2. The molecule has 1 aromatic rings. The zero-order valence-corrected chi connectivity index (χ0v) is 9.38. The Labute approximate surface area is 89.2 Å². The summed E-state index contributed by atoms with van der Waals surface area (Å²) < 4.78 is 18.7. The van der Waals surface area contributed by atoms with Gasteiger partial charge in [0.05, 0.1) is 0 Å². The van der Waals surface area contributed by atoms with Crippen LogP contribution in [-0.4, -0.2) is 5.97 Å². The fraction of sp³-hybridized carbons (Fsp3) is 0.222. The lowest BCUT2D eigenvalue weighted by molar-refractivity contribution is -0.132. The number of aryl methyl sites for hydroxylation is 1. The van der Waals surface area contributed by atoms with E-state index in [-0.39, 0.29) is 5.75 Å². The number of halogens is 2. The van der Waals surface area contributed by atoms with E-state index in [4.69, 9.17) is 4.74 Å². The van der Waals surface area contributed by atoms with Gasteiger partial charge >= 0.3 is 5.97 Å². The number of esters is 1. The van der Waals surface area contributed by atoms with Crippen LogP contribution < -0.4 is 4.74 Å². The largest absolute Gasteiger partial charge is 0.423 e. The molecule has 0 heterocycles. The first kappa shape index (κ1) is 10.4. The Morgan fingerprint density at radius 1 is 1.54 bits per heavy atom. The minimum absolute atomic E-state index is 0.0212. The van der Waals surface area contributed by atoms with Crippen molar-refractivity contribution in [2.24, 2.45) is 0 Å². The Balaban J connectivity index is 3.13. The Hall–Kier alpha value is -0.650. The molecule has 0 N–H and O–H groups in total. The van der Waals surface area contributed by atoms with E-state index in [0.29, 0.717) is 5.56 Å². The molecule has 0 radical (unpaired) electrons. The molecule has 0 aliphatic rings. The molecule has 0 spiro atoms. The number of carbonyl (C=O) groups is 1. The predicted octanol–water partition coefficient (Wildman–Crippen LogP) is 2.66. The summed E-state index contributed by atoms with van der Waals surface area (Å²) >= 11 is 2.00. The predicted molar refractivity (Wildman–Crippen MR) is 55.2 cm³/mol. The van der Waals surface area contributed by atoms with Crippen LogP contribution in [0.4, 0.5) is 4.39 Å². The van der Waals surface area contributed by atoms with E-state index in [2.05, 4.69) is 0 Å². The summed E-state index contributed by atoms with van der Waals surface area (Å²) in [6, 6.07) is 3.08. The molecule has 0 saturated carbocycles. The van der Waals surface area contributed by atoms with Crippen LogP contribution in [0.15, 0.2) is 12.1 Å². The van der Waals surface area contributed by atoms with Crippen molar-refractivity contribution in [1.82, 2.24) is 0 Å². The van der Waals surface area contributed by atoms with Gasteiger partial charge in [-0.2, -0.15) is 0 Å². The highest BCUT2D eigenvalue weighted by Gasteiger charge is 2.10. The average molecular weight is 294 g/mol. The average Bonchev–Trinajstić information content (AvgIpc) is 1.96. The van der Waals surface area contributed by atoms with Gasteiger partial charge in [-0.25, -0.2) is 4.39 Å². The Bertz CT molecular complexity index is 326. The second-order valence-corrected chi connectivity index (χ2v) is 3.87. The lowest BCUT2D eigenvalue weighted by Gasteiger charge is -2.06. The number of carbonyl (C=O) groups excluding carboxylic acids is 1. The summed E-state index contributed by atoms with van der Waals surface area (Å²) in [6.07, 6.45) is 0. The maximum absolute atomic E-state index is 13.2. The van der Waals surface area contributed by atoms with E-state index in [1.807, 2.05) is 22.6 Å². The van der Waals surface area contributed by atoms with Crippen molar-refractivity contribution < 1.29 is 13.9 Å². The van der Waals surface area contributed by atoms with Gasteiger partial charge in [-0.05, 0) is 47.2 Å². The van der Waals surface area contributed by atoms with Crippen LogP contribution in [0.1, 0.15) is 12.5 Å². The molecule has 0 amide bonds. The third-order valence-corrected chi connectivity index (χ3v) is 2.06. The van der Waals surface area contributed by atoms with Crippen molar-refractivity contribution in [1.29, 1.82) is 0 Å². The first-order chi connectivity index (χ1) is 6.00. The fourth-order valence-electron chi connectivity index (χ4n) is 0.962. The van der Waals surface area contributed by atoms with E-state index < -0.39 is 11.8 Å². The maximum Gasteiger partial charge on any atom is 0.308 e. The zero-order chi connectivity index (χ0) is 10.0. The second-order valence-electron chi connectivity index (χ2n) is 2.63. The van der Waals surface area contributed by atoms with Crippen LogP contribution in [0.5, 0.6) is 5.75 Å². The van der Waals surface area contributed by atoms with E-state index in [9.17, 15) is 9.18 Å². The fourth-order valence-corrected chi connectivity index (χ4v) is 1.70. The molecule has 2 nitrogen and oxygen atoms in total. The number of rotatable bonds is 1. The van der Waals surface area contributed by atoms with Crippen molar-refractivity contribution >= 4 is 28.6 Å². The highest BCUT2D eigenvalue weighted by molar-refractivity contribution is 14.1. The van der Waals surface area contributed by atoms with E-state index in [0.717, 1.165) is 3.57 Å². The first-order valence-electron chi connectivity index (χ1n) is 3.65. The van der Waals surface area contributed by atoms with Crippen molar-refractivity contribution in [3.05, 3.63) is 27.1 Å². The van der Waals surface area contributed by atoms with Gasteiger partial charge in [-0.1, -0.05) is 0 Å². The van der Waals surface area contributed by atoms with Gasteiger partial charge in [0, 0.05) is 10.5 Å². The third-order valence-electron chi connectivity index (χ3n) is 1.44. The van der Waals surface area contributed by atoms with Crippen molar-refractivity contribution in [2.45, 2.75) is 13.8 Å². The number of hydrogen-bond acceptors (Lipinski definition) is 2. The summed E-state index contributed by atoms with van der Waals surface area (Å²) in [7, 11) is 0. The maximum atomic E-state index is 13.2. The quantitative estimate of drug-likeness (QED) is 0.452. The molecule has 4 heteroatoms. The molecule has 0 bridgehead atoms. The van der Waals surface area contributed by atoms with Crippen LogP contribution in [-0.2, 0) is 4.79 Å². The number of benzene rings is 1. The van der Waals surface area contributed by atoms with E-state index >= 15 is 0 Å². The van der Waals surface area contributed by atoms with Crippen LogP contribution in [0.25, 0.3) is 0 Å². The molecule has 13 heavy (non-hydrogen) atoms. The SMILES string of the molecule is CC(=O)Oc1c(C)cc(I)cc1F. The van der Waals surface area contributed by atoms with Gasteiger partial charge in [-0.15, -0.1) is 0 Å². The van der Waals surface area contributed by atoms with Crippen molar-refractivity contribution in [2.75, 3.05) is 0 Å². The summed E-state index contributed by atoms with van der Waals surface area (Å²) in [4.78, 5) is 10.6. The van der Waals surface area contributed by atoms with E-state index in [1.165, 1.54) is 13.0 Å². The molecular weight excluding hydrogens is 286 g/mol. The van der Waals surface area contributed by atoms with Gasteiger partial charge in [0.15, 0.2) is 11.6 Å². The molecule has 0 fully saturated rings. The molecule has 0 aliphatic heterocycles. The molecule has 0 aromatic heterocycles. The lowest BCUT2D eigenvalue weighted by Crippen LogP contribution is -2.05. The molecule has 0 unspecified atom stereocenters. The molecule has 1 rings (SSSR count). The Morgan fingerprint density at radius 3 is 2.62 bits per heavy atom. The normalized spacial score (nSPS) is 9.85. The first-order valence-corrected chi connectivity index (χ1v) is 4.72. The second kappa shape index (κ2) is 4.04. The van der Waals surface area contributed by atoms with Crippen LogP contribution in [0, 0.1) is 16.3 Å². The summed E-state index contributed by atoms with van der Waals surface area (Å²) in [5.41, 5.74) is 0.625. The van der Waals surface area contributed by atoms with Gasteiger partial charge < -0.3 is 4.74 Å². The molecule has 0 aliphatic carbocycles. The minimum Gasteiger partial charge on any atom is -0.423 e. The van der Waals surface area contributed by atoms with E-state index in [1.54, 1.807) is 13.0 Å². The Kier molecular flexibility index (Phi) is 3.24. The van der Waals surface area contributed by atoms with Crippen molar-refractivity contribution in [3.8, 4) is 5.75 Å². The zero-order valence-electron chi connectivity index (χ0n) is 7.23. The lowest BCUT2D eigenvalue weighted by atomic mass is 10.2. The molecule has 1 aromatic carbocycles. The summed E-state index contributed by atoms with van der Waals surface area (Å²) in [5.74, 6) is -0.990. The molecule has 70 valence electrons. The number of ether oxygens (including phenoxy) is 1. The van der Waals surface area contributed by atoms with Crippen LogP contribution >= 0.6 is 22.6 Å². The van der Waals surface area contributed by atoms with Gasteiger partial charge in [0.1, 0.15) is 0 Å². The highest BCUT2D eigenvalue weighted by atomic mass is 127. The molecule has 0 atom stereocenters. The van der Waals surface area contributed by atoms with Crippen LogP contribution in [0.3, 0.4) is 0 Å². The summed E-state index contributed by atoms with van der Waals surface area (Å²) in [6.45, 7) is 2.94. The smallest absolute Gasteiger partial charge is 0.308 e. The third kappa shape index (κ3) is 2.65. The van der Waals surface area contributed by atoms with Gasteiger partial charge in [0.2, 0.25) is 0 Å². The van der Waals surface area contributed by atoms with Gasteiger partial charge in [0.25, 0.3) is 0 Å². The van der Waals surface area contributed by atoms with Crippen LogP contribution in [0.2, 0.25) is 0 Å². The van der Waals surface area contributed by atoms with Crippen molar-refractivity contribution in [3.63, 3.8) is 0 Å². The number of hydrogen-bond donors (Lipinski definition) is 0. The topological polar surface area (TPSA) is 26.3 Å². The highest BCUT2D eigenvalue weighted by Crippen LogP contribution is 2.24.